The Kier molecular flexibility index (Phi) is 5.06. The summed E-state index contributed by atoms with van der Waals surface area (Å²) < 4.78 is 0. The molecule has 0 saturated heterocycles. The van der Waals surface area contributed by atoms with E-state index in [-0.39, 0.29) is 11.8 Å². The quantitative estimate of drug-likeness (QED) is 0.843. The topological polar surface area (TPSA) is 57.6 Å². The first-order valence-corrected chi connectivity index (χ1v) is 8.11. The highest BCUT2D eigenvalue weighted by molar-refractivity contribution is 5.85. The lowest BCUT2D eigenvalue weighted by Crippen LogP contribution is -2.44. The van der Waals surface area contributed by atoms with Gasteiger partial charge in [0, 0.05) is 12.6 Å². The van der Waals surface area contributed by atoms with Gasteiger partial charge in [-0.05, 0) is 38.5 Å². The second-order valence-corrected chi connectivity index (χ2v) is 6.36. The number of carboxylic acids is 1. The molecule has 1 N–H and O–H groups in total. The molecule has 0 aromatic heterocycles. The van der Waals surface area contributed by atoms with E-state index in [2.05, 4.69) is 6.92 Å². The van der Waals surface area contributed by atoms with Gasteiger partial charge in [-0.25, -0.2) is 0 Å². The maximum absolute atomic E-state index is 12.8. The molecule has 1 unspecified atom stereocenters. The predicted molar refractivity (Wildman–Crippen MR) is 77.3 cm³/mol. The molecule has 0 aliphatic heterocycles. The number of rotatable bonds is 5. The second kappa shape index (κ2) is 6.59. The lowest BCUT2D eigenvalue weighted by molar-refractivity contribution is -0.150. The molecular weight excluding hydrogens is 254 g/mol. The number of nitrogens with zero attached hydrogens (tertiary/aromatic N) is 1. The fourth-order valence-electron chi connectivity index (χ4n) is 4.05. The summed E-state index contributed by atoms with van der Waals surface area (Å²) in [6, 6.07) is 0.350. The van der Waals surface area contributed by atoms with Crippen molar-refractivity contribution >= 4 is 11.9 Å². The van der Waals surface area contributed by atoms with E-state index in [0.29, 0.717) is 24.9 Å². The van der Waals surface area contributed by atoms with Crippen molar-refractivity contribution in [3.63, 3.8) is 0 Å². The minimum absolute atomic E-state index is 0.0998. The number of hydrogen-bond acceptors (Lipinski definition) is 2. The van der Waals surface area contributed by atoms with Gasteiger partial charge in [0.05, 0.1) is 11.8 Å². The highest BCUT2D eigenvalue weighted by Gasteiger charge is 2.44. The van der Waals surface area contributed by atoms with E-state index < -0.39 is 11.9 Å². The molecule has 2 aliphatic carbocycles. The summed E-state index contributed by atoms with van der Waals surface area (Å²) in [5.41, 5.74) is 0. The molecule has 0 aromatic carbocycles. The smallest absolute Gasteiger partial charge is 0.307 e. The molecule has 114 valence electrons. The standard InChI is InChI=1S/C16H27NO3/c1-3-11-9-13(14(10-11)16(19)20)15(18)17(4-2)12-7-5-6-8-12/h11-14H,3-10H2,1-2H3,(H,19,20)/t11?,13-,14+/m0/s1. The van der Waals surface area contributed by atoms with Crippen molar-refractivity contribution in [1.29, 1.82) is 0 Å². The van der Waals surface area contributed by atoms with Crippen molar-refractivity contribution in [2.45, 2.75) is 64.8 Å². The van der Waals surface area contributed by atoms with Crippen molar-refractivity contribution in [1.82, 2.24) is 4.90 Å². The van der Waals surface area contributed by atoms with Gasteiger partial charge < -0.3 is 10.0 Å². The minimum atomic E-state index is -0.790. The van der Waals surface area contributed by atoms with Crippen LogP contribution in [0.2, 0.25) is 0 Å². The van der Waals surface area contributed by atoms with Gasteiger partial charge in [-0.1, -0.05) is 26.2 Å². The average molecular weight is 281 g/mol. The summed E-state index contributed by atoms with van der Waals surface area (Å²) >= 11 is 0. The second-order valence-electron chi connectivity index (χ2n) is 6.36. The number of carboxylic acid groups (broad SMARTS) is 1. The number of carbonyl (C=O) groups is 2. The van der Waals surface area contributed by atoms with Crippen LogP contribution >= 0.6 is 0 Å². The molecule has 2 fully saturated rings. The van der Waals surface area contributed by atoms with Gasteiger partial charge in [-0.2, -0.15) is 0 Å². The first-order valence-electron chi connectivity index (χ1n) is 8.11. The summed E-state index contributed by atoms with van der Waals surface area (Å²) in [7, 11) is 0. The molecule has 20 heavy (non-hydrogen) atoms. The number of aliphatic carboxylic acids is 1. The molecule has 0 aromatic rings. The van der Waals surface area contributed by atoms with Crippen LogP contribution < -0.4 is 0 Å². The van der Waals surface area contributed by atoms with Crippen LogP contribution in [0.1, 0.15) is 58.8 Å². The number of carbonyl (C=O) groups excluding carboxylic acids is 1. The maximum Gasteiger partial charge on any atom is 0.307 e. The molecule has 0 spiro atoms. The molecule has 4 heteroatoms. The normalized spacial score (nSPS) is 30.6. The SMILES string of the molecule is CCC1C[C@H](C(=O)N(CC)C2CCCC2)[C@H](C(=O)O)C1. The third-order valence-electron chi connectivity index (χ3n) is 5.26. The zero-order chi connectivity index (χ0) is 14.7. The van der Waals surface area contributed by atoms with Crippen molar-refractivity contribution in [3.8, 4) is 0 Å². The Morgan fingerprint density at radius 1 is 1.10 bits per heavy atom. The van der Waals surface area contributed by atoms with Crippen LogP contribution in [-0.2, 0) is 9.59 Å². The van der Waals surface area contributed by atoms with Crippen LogP contribution in [0.25, 0.3) is 0 Å². The first kappa shape index (κ1) is 15.3. The van der Waals surface area contributed by atoms with Crippen molar-refractivity contribution in [2.75, 3.05) is 6.54 Å². The van der Waals surface area contributed by atoms with Crippen LogP contribution in [0, 0.1) is 17.8 Å². The molecule has 1 amide bonds. The van der Waals surface area contributed by atoms with Crippen LogP contribution in [0.3, 0.4) is 0 Å². The number of amides is 1. The van der Waals surface area contributed by atoms with Crippen LogP contribution in [0.4, 0.5) is 0 Å². The first-order chi connectivity index (χ1) is 9.58. The molecule has 2 rings (SSSR count). The van der Waals surface area contributed by atoms with E-state index in [1.165, 1.54) is 12.8 Å². The van der Waals surface area contributed by atoms with Crippen LogP contribution in [-0.4, -0.2) is 34.5 Å². The zero-order valence-corrected chi connectivity index (χ0v) is 12.7. The van der Waals surface area contributed by atoms with Crippen LogP contribution in [0.5, 0.6) is 0 Å². The fourth-order valence-corrected chi connectivity index (χ4v) is 4.05. The monoisotopic (exact) mass is 281 g/mol. The molecule has 2 aliphatic rings. The molecule has 0 radical (unpaired) electrons. The van der Waals surface area contributed by atoms with E-state index in [1.54, 1.807) is 0 Å². The summed E-state index contributed by atoms with van der Waals surface area (Å²) in [6.07, 6.45) is 6.96. The van der Waals surface area contributed by atoms with Gasteiger partial charge >= 0.3 is 5.97 Å². The molecular formula is C16H27NO3. The summed E-state index contributed by atoms with van der Waals surface area (Å²) in [6.45, 7) is 4.81. The van der Waals surface area contributed by atoms with E-state index in [1.807, 2.05) is 11.8 Å². The van der Waals surface area contributed by atoms with E-state index in [0.717, 1.165) is 25.7 Å². The van der Waals surface area contributed by atoms with E-state index >= 15 is 0 Å². The Morgan fingerprint density at radius 2 is 1.70 bits per heavy atom. The molecule has 0 bridgehead atoms. The number of hydrogen-bond donors (Lipinski definition) is 1. The Labute approximate surface area is 121 Å². The van der Waals surface area contributed by atoms with Gasteiger partial charge in [0.2, 0.25) is 5.91 Å². The van der Waals surface area contributed by atoms with Crippen molar-refractivity contribution < 1.29 is 14.7 Å². The molecule has 4 nitrogen and oxygen atoms in total. The molecule has 3 atom stereocenters. The van der Waals surface area contributed by atoms with E-state index in [9.17, 15) is 14.7 Å². The third-order valence-corrected chi connectivity index (χ3v) is 5.26. The summed E-state index contributed by atoms with van der Waals surface area (Å²) in [5, 5.41) is 9.39. The summed E-state index contributed by atoms with van der Waals surface area (Å²) in [5.74, 6) is -1.06. The van der Waals surface area contributed by atoms with E-state index in [4.69, 9.17) is 0 Å². The Morgan fingerprint density at radius 3 is 2.20 bits per heavy atom. The Hall–Kier alpha value is -1.06. The van der Waals surface area contributed by atoms with Crippen molar-refractivity contribution in [2.24, 2.45) is 17.8 Å². The molecule has 0 heterocycles. The maximum atomic E-state index is 12.8. The van der Waals surface area contributed by atoms with Crippen LogP contribution in [0.15, 0.2) is 0 Å². The zero-order valence-electron chi connectivity index (χ0n) is 12.7. The van der Waals surface area contributed by atoms with Gasteiger partial charge in [-0.3, -0.25) is 9.59 Å². The average Bonchev–Trinajstić information content (AvgIpc) is 3.08. The minimum Gasteiger partial charge on any atom is -0.481 e. The Balaban J connectivity index is 2.10. The highest BCUT2D eigenvalue weighted by atomic mass is 16.4. The largest absolute Gasteiger partial charge is 0.481 e. The van der Waals surface area contributed by atoms with Gasteiger partial charge in [0.25, 0.3) is 0 Å². The Bertz CT molecular complexity index is 363. The van der Waals surface area contributed by atoms with Crippen molar-refractivity contribution in [3.05, 3.63) is 0 Å². The highest BCUT2D eigenvalue weighted by Crippen LogP contribution is 2.40. The summed E-state index contributed by atoms with van der Waals surface area (Å²) in [4.78, 5) is 26.2. The lowest BCUT2D eigenvalue weighted by Gasteiger charge is -2.31. The lowest BCUT2D eigenvalue weighted by atomic mass is 9.94. The molecule has 2 saturated carbocycles. The predicted octanol–water partition coefficient (Wildman–Crippen LogP) is 2.91. The third kappa shape index (κ3) is 2.99. The van der Waals surface area contributed by atoms with Gasteiger partial charge in [0.15, 0.2) is 0 Å². The van der Waals surface area contributed by atoms with Gasteiger partial charge in [0.1, 0.15) is 0 Å². The van der Waals surface area contributed by atoms with Gasteiger partial charge in [-0.15, -0.1) is 0 Å². The fraction of sp³-hybridized carbons (Fsp3) is 0.875.